The third-order valence-electron chi connectivity index (χ3n) is 6.79. The van der Waals surface area contributed by atoms with Crippen LogP contribution in [0.3, 0.4) is 0 Å². The molecule has 294 valence electrons. The van der Waals surface area contributed by atoms with Gasteiger partial charge in [0.1, 0.15) is 46.1 Å². The lowest BCUT2D eigenvalue weighted by Crippen LogP contribution is -2.29. The molecule has 0 amide bonds. The lowest BCUT2D eigenvalue weighted by Gasteiger charge is -2.18. The van der Waals surface area contributed by atoms with Crippen molar-refractivity contribution in [3.05, 3.63) is 153 Å². The van der Waals surface area contributed by atoms with Gasteiger partial charge in [-0.3, -0.25) is 20.2 Å². The Balaban J connectivity index is 0.000000213. The topological polar surface area (TPSA) is 175 Å². The van der Waals surface area contributed by atoms with E-state index in [0.29, 0.717) is 34.3 Å². The first-order valence-electron chi connectivity index (χ1n) is 18.2. The van der Waals surface area contributed by atoms with E-state index in [1.165, 1.54) is 99.3 Å². The third kappa shape index (κ3) is 13.1. The first-order valence-corrected chi connectivity index (χ1v) is 16.2. The molecule has 0 aliphatic heterocycles. The number of ether oxygens (including phenoxy) is 2. The fourth-order valence-corrected chi connectivity index (χ4v) is 4.40. The molecule has 0 saturated carbocycles. The van der Waals surface area contributed by atoms with Gasteiger partial charge >= 0.3 is 5.69 Å². The number of nitrogens with one attached hydrogen (secondary N) is 1. The molecule has 6 aromatic rings. The molecule has 0 aliphatic rings. The molecule has 0 aliphatic carbocycles. The zero-order valence-corrected chi connectivity index (χ0v) is 30.0. The van der Waals surface area contributed by atoms with Crippen molar-refractivity contribution in [2.45, 2.75) is 45.4 Å². The summed E-state index contributed by atoms with van der Waals surface area (Å²) in [5.41, 5.74) is -3.58. The molecule has 0 atom stereocenters. The van der Waals surface area contributed by atoms with Crippen LogP contribution in [0.1, 0.15) is 33.2 Å². The van der Waals surface area contributed by atoms with Gasteiger partial charge in [-0.1, -0.05) is 0 Å². The zero-order chi connectivity index (χ0) is 44.8. The summed E-state index contributed by atoms with van der Waals surface area (Å²) in [5.74, 6) is -1.35. The summed E-state index contributed by atoms with van der Waals surface area (Å²) in [7, 11) is 0. The summed E-state index contributed by atoms with van der Waals surface area (Å²) in [4.78, 5) is 23.7. The number of nitro groups is 2. The number of fused-ring (bicyclic) bond motifs is 1. The molecular weight excluding hydrogens is 742 g/mol. The molecule has 0 bridgehead atoms. The highest BCUT2D eigenvalue weighted by molar-refractivity contribution is 5.77. The van der Waals surface area contributed by atoms with Crippen LogP contribution in [-0.2, 0) is 6.50 Å². The van der Waals surface area contributed by atoms with Gasteiger partial charge in [-0.05, 0) is 100 Å². The van der Waals surface area contributed by atoms with Gasteiger partial charge in [0.15, 0.2) is 0 Å². The van der Waals surface area contributed by atoms with Crippen molar-refractivity contribution in [1.82, 2.24) is 9.55 Å². The Kier molecular flexibility index (Phi) is 11.8. The molecule has 0 saturated heterocycles. The summed E-state index contributed by atoms with van der Waals surface area (Å²) in [6, 6.07) is 21.6. The Morgan fingerprint density at radius 2 is 1.18 bits per heavy atom. The van der Waals surface area contributed by atoms with Crippen molar-refractivity contribution < 1.29 is 52.6 Å². The van der Waals surface area contributed by atoms with E-state index in [2.05, 4.69) is 10.3 Å². The number of nitrogens with zero attached hydrogens (tertiary/aromatic N) is 4. The number of halogens is 4. The lowest BCUT2D eigenvalue weighted by atomic mass is 10.1. The minimum atomic E-state index is -2.34. The second kappa shape index (κ2) is 18.2. The van der Waals surface area contributed by atoms with E-state index in [9.17, 15) is 48.0 Å². The van der Waals surface area contributed by atoms with Crippen LogP contribution >= 0.6 is 0 Å². The van der Waals surface area contributed by atoms with Gasteiger partial charge in [-0.25, -0.2) is 18.2 Å². The maximum atomic E-state index is 13.0. The second-order valence-corrected chi connectivity index (χ2v) is 12.6. The van der Waals surface area contributed by atoms with Crippen LogP contribution in [0.4, 0.5) is 34.6 Å². The predicted molar refractivity (Wildman–Crippen MR) is 200 cm³/mol. The van der Waals surface area contributed by atoms with E-state index in [-0.39, 0.29) is 22.9 Å². The van der Waals surface area contributed by atoms with E-state index in [1.807, 2.05) is 0 Å². The summed E-state index contributed by atoms with van der Waals surface area (Å²) in [6.45, 7) is 0.882. The molecule has 1 heterocycles. The normalized spacial score (nSPS) is 12.7. The third-order valence-corrected chi connectivity index (χ3v) is 6.79. The van der Waals surface area contributed by atoms with E-state index >= 15 is 0 Å². The molecule has 0 fully saturated rings. The summed E-state index contributed by atoms with van der Waals surface area (Å²) >= 11 is 0. The Hall–Kier alpha value is -6.59. The Bertz CT molecular complexity index is 2460. The number of hydrogen-bond acceptors (Lipinski definition) is 10. The van der Waals surface area contributed by atoms with E-state index in [4.69, 9.17) is 15.0 Å². The molecule has 13 nitrogen and oxygen atoms in total. The number of nitro benzene ring substituents is 2. The minimum Gasteiger partial charge on any atom is -0.457 e. The monoisotopic (exact) mass is 783 g/mol. The predicted octanol–water partition coefficient (Wildman–Crippen LogP) is 9.32. The van der Waals surface area contributed by atoms with Crippen molar-refractivity contribution in [2.24, 2.45) is 0 Å². The molecule has 3 N–H and O–H groups in total. The van der Waals surface area contributed by atoms with Gasteiger partial charge in [-0.2, -0.15) is 4.39 Å². The molecule has 5 aromatic carbocycles. The number of anilines is 1. The fraction of sp³-hybridized carbons (Fsp3) is 0.205. The number of aromatic nitrogens is 2. The molecule has 1 aromatic heterocycles. The number of rotatable bonds is 11. The van der Waals surface area contributed by atoms with Gasteiger partial charge in [-0.15, -0.1) is 0 Å². The van der Waals surface area contributed by atoms with Crippen molar-refractivity contribution in [3.63, 3.8) is 0 Å². The van der Waals surface area contributed by atoms with Crippen LogP contribution in [0.25, 0.3) is 11.0 Å². The average molecular weight is 784 g/mol. The minimum absolute atomic E-state index is 0.156. The number of aliphatic hydroxyl groups is 2. The second-order valence-electron chi connectivity index (χ2n) is 12.6. The number of benzene rings is 5. The van der Waals surface area contributed by atoms with Crippen LogP contribution in [0.2, 0.25) is 0 Å². The van der Waals surface area contributed by atoms with Crippen LogP contribution < -0.4 is 14.8 Å². The summed E-state index contributed by atoms with van der Waals surface area (Å²) in [6.07, 6.45) is 1.35. The largest absolute Gasteiger partial charge is 0.457 e. The summed E-state index contributed by atoms with van der Waals surface area (Å²) < 4.78 is 95.0. The molecule has 0 radical (unpaired) electrons. The average Bonchev–Trinajstić information content (AvgIpc) is 3.57. The van der Waals surface area contributed by atoms with Crippen LogP contribution in [-0.4, -0.2) is 47.3 Å². The van der Waals surface area contributed by atoms with E-state index in [0.717, 1.165) is 18.2 Å². The maximum Gasteiger partial charge on any atom is 0.304 e. The number of hydrogen-bond donors (Lipinski definition) is 3. The lowest BCUT2D eigenvalue weighted by molar-refractivity contribution is -0.387. The van der Waals surface area contributed by atoms with Crippen LogP contribution in [0, 0.1) is 43.5 Å². The highest BCUT2D eigenvalue weighted by Crippen LogP contribution is 2.32. The van der Waals surface area contributed by atoms with Gasteiger partial charge in [0, 0.05) is 36.8 Å². The summed E-state index contributed by atoms with van der Waals surface area (Å²) in [5, 5.41) is 43.5. The van der Waals surface area contributed by atoms with E-state index in [1.54, 1.807) is 18.2 Å². The zero-order valence-electron chi connectivity index (χ0n) is 34.0. The SMILES string of the molecule is O=[N+]([O-])c1ccc(F)cc1F.[2H]C([2H])(Nc1cc(Oc2ccc(F)cc2)ccc1[N+](=O)[O-])C(C)(C)O.[2H]C([2H])(n1cnc2ccc(Oc3ccc(F)cc3)cc21)C(C)(C)O. The standard InChI is InChI=1S/C17H17FN2O2.C16H17FN2O4.C6H3F2NO2/c1-17(2,21)10-20-11-19-15-8-7-14(9-16(15)20)22-13-5-3-12(18)4-6-13;1-16(2,20)10-18-14-9-13(7-8-15(14)19(21)22)23-12-5-3-11(17)4-6-12;7-4-1-2-6(9(10)11)5(8)3-4/h3-9,11,21H,10H2,1-2H3;3-9,18,20H,10H2,1-2H3;1-3H/i2*10D2;. The van der Waals surface area contributed by atoms with Gasteiger partial charge in [0.25, 0.3) is 5.69 Å². The Morgan fingerprint density at radius 3 is 1.68 bits per heavy atom. The van der Waals surface area contributed by atoms with Crippen molar-refractivity contribution in [2.75, 3.05) is 11.8 Å². The van der Waals surface area contributed by atoms with Gasteiger partial charge in [0.2, 0.25) is 5.82 Å². The first kappa shape index (κ1) is 36.4. The molecular formula is C39H37F4N5O8. The van der Waals surface area contributed by atoms with Crippen LogP contribution in [0.15, 0.2) is 109 Å². The van der Waals surface area contributed by atoms with Crippen LogP contribution in [0.5, 0.6) is 23.0 Å². The molecule has 6 rings (SSSR count). The van der Waals surface area contributed by atoms with E-state index < -0.39 is 57.2 Å². The van der Waals surface area contributed by atoms with Crippen molar-refractivity contribution in [1.29, 1.82) is 0 Å². The fourth-order valence-electron chi connectivity index (χ4n) is 4.40. The number of imidazole rings is 1. The van der Waals surface area contributed by atoms with Crippen molar-refractivity contribution in [3.8, 4) is 23.0 Å². The molecule has 17 heteroatoms. The highest BCUT2D eigenvalue weighted by Gasteiger charge is 2.19. The Morgan fingerprint density at radius 1 is 0.696 bits per heavy atom. The molecule has 0 spiro atoms. The molecule has 0 unspecified atom stereocenters. The molecule has 56 heavy (non-hydrogen) atoms. The van der Waals surface area contributed by atoms with Crippen molar-refractivity contribution >= 4 is 28.1 Å². The first-order chi connectivity index (χ1) is 27.8. The highest BCUT2D eigenvalue weighted by atomic mass is 19.1. The Labute approximate surface area is 323 Å². The maximum absolute atomic E-state index is 13.0. The smallest absolute Gasteiger partial charge is 0.304 e. The van der Waals surface area contributed by atoms with Gasteiger partial charge < -0.3 is 29.6 Å². The quantitative estimate of drug-likeness (QED) is 0.0652. The van der Waals surface area contributed by atoms with Gasteiger partial charge in [0.05, 0.1) is 50.4 Å².